The molecule has 0 fully saturated rings. The van der Waals surface area contributed by atoms with Crippen LogP contribution in [0.4, 0.5) is 0 Å². The van der Waals surface area contributed by atoms with Gasteiger partial charge in [0.2, 0.25) is 0 Å². The van der Waals surface area contributed by atoms with Crippen LogP contribution in [-0.2, 0) is 0 Å². The van der Waals surface area contributed by atoms with E-state index in [-0.39, 0.29) is 6.61 Å². The molecule has 0 aliphatic rings. The molecule has 0 saturated heterocycles. The molecular formula is C10H25NO. The molecule has 0 unspecified atom stereocenters. The van der Waals surface area contributed by atoms with Crippen molar-refractivity contribution in [3.63, 3.8) is 0 Å². The van der Waals surface area contributed by atoms with E-state index >= 15 is 0 Å². The molecule has 0 spiro atoms. The Labute approximate surface area is 77.4 Å². The van der Waals surface area contributed by atoms with Crippen LogP contribution in [0.2, 0.25) is 0 Å². The van der Waals surface area contributed by atoms with Crippen LogP contribution in [0, 0.1) is 0 Å². The van der Waals surface area contributed by atoms with Crippen LogP contribution < -0.4 is 5.32 Å². The van der Waals surface area contributed by atoms with E-state index in [1.807, 2.05) is 0 Å². The summed E-state index contributed by atoms with van der Waals surface area (Å²) in [7, 11) is 0. The summed E-state index contributed by atoms with van der Waals surface area (Å²) < 4.78 is 0. The van der Waals surface area contributed by atoms with Crippen molar-refractivity contribution in [2.45, 2.75) is 46.5 Å². The largest absolute Gasteiger partial charge is 0.397 e. The van der Waals surface area contributed by atoms with Gasteiger partial charge in [-0.05, 0) is 26.4 Å². The van der Waals surface area contributed by atoms with E-state index in [1.165, 1.54) is 32.2 Å². The Morgan fingerprint density at radius 2 is 1.58 bits per heavy atom. The van der Waals surface area contributed by atoms with Crippen molar-refractivity contribution in [1.82, 2.24) is 5.32 Å². The fraction of sp³-hybridized carbons (Fsp3) is 1.00. The number of rotatable bonds is 6. The third-order valence-electron chi connectivity index (χ3n) is 1.46. The maximum atomic E-state index is 7.57. The summed E-state index contributed by atoms with van der Waals surface area (Å²) in [4.78, 5) is 0. The fourth-order valence-electron chi connectivity index (χ4n) is 0.854. The average molecular weight is 175 g/mol. The van der Waals surface area contributed by atoms with E-state index in [2.05, 4.69) is 19.2 Å². The highest BCUT2D eigenvalue weighted by molar-refractivity contribution is 4.44. The Hall–Kier alpha value is -0.0800. The lowest BCUT2D eigenvalue weighted by atomic mass is 10.2. The van der Waals surface area contributed by atoms with Crippen molar-refractivity contribution >= 4 is 0 Å². The quantitative estimate of drug-likeness (QED) is 0.606. The van der Waals surface area contributed by atoms with E-state index in [0.29, 0.717) is 0 Å². The monoisotopic (exact) mass is 175 g/mol. The van der Waals surface area contributed by atoms with Crippen molar-refractivity contribution in [2.24, 2.45) is 0 Å². The number of aliphatic hydroxyl groups is 1. The highest BCUT2D eigenvalue weighted by Crippen LogP contribution is 1.96. The lowest BCUT2D eigenvalue weighted by Gasteiger charge is -1.98. The zero-order valence-electron chi connectivity index (χ0n) is 8.90. The fourth-order valence-corrected chi connectivity index (χ4v) is 0.854. The lowest BCUT2D eigenvalue weighted by molar-refractivity contribution is 0.318. The Balaban J connectivity index is 0. The molecule has 2 heteroatoms. The second-order valence-electron chi connectivity index (χ2n) is 2.73. The van der Waals surface area contributed by atoms with Crippen LogP contribution in [0.15, 0.2) is 0 Å². The van der Waals surface area contributed by atoms with Gasteiger partial charge >= 0.3 is 0 Å². The second-order valence-corrected chi connectivity index (χ2v) is 2.73. The molecule has 0 rings (SSSR count). The van der Waals surface area contributed by atoms with Gasteiger partial charge in [0, 0.05) is 6.61 Å². The number of unbranched alkanes of at least 4 members (excludes halogenated alkanes) is 3. The van der Waals surface area contributed by atoms with Gasteiger partial charge in [0.15, 0.2) is 0 Å². The molecule has 0 aromatic carbocycles. The minimum absolute atomic E-state index is 0.250. The Kier molecular flexibility index (Phi) is 20.6. The van der Waals surface area contributed by atoms with Crippen LogP contribution in [0.5, 0.6) is 0 Å². The van der Waals surface area contributed by atoms with Gasteiger partial charge in [-0.1, -0.05) is 33.1 Å². The molecule has 0 saturated carbocycles. The summed E-state index contributed by atoms with van der Waals surface area (Å²) in [6.45, 7) is 8.65. The topological polar surface area (TPSA) is 32.3 Å². The summed E-state index contributed by atoms with van der Waals surface area (Å²) >= 11 is 0. The molecular weight excluding hydrogens is 150 g/mol. The van der Waals surface area contributed by atoms with Crippen molar-refractivity contribution in [2.75, 3.05) is 19.7 Å². The van der Waals surface area contributed by atoms with Crippen LogP contribution >= 0.6 is 0 Å². The molecule has 0 radical (unpaired) electrons. The van der Waals surface area contributed by atoms with Gasteiger partial charge in [-0.3, -0.25) is 0 Å². The molecule has 76 valence electrons. The van der Waals surface area contributed by atoms with Crippen molar-refractivity contribution in [3.05, 3.63) is 0 Å². The van der Waals surface area contributed by atoms with Gasteiger partial charge in [-0.15, -0.1) is 0 Å². The van der Waals surface area contributed by atoms with Gasteiger partial charge in [-0.2, -0.15) is 0 Å². The van der Waals surface area contributed by atoms with Gasteiger partial charge in [0.25, 0.3) is 0 Å². The van der Waals surface area contributed by atoms with E-state index < -0.39 is 0 Å². The third kappa shape index (κ3) is 22.5. The SMILES string of the molecule is CCCCCCNCC.CCO. The number of hydrogen-bond acceptors (Lipinski definition) is 2. The van der Waals surface area contributed by atoms with E-state index in [4.69, 9.17) is 5.11 Å². The lowest BCUT2D eigenvalue weighted by Crippen LogP contribution is -2.13. The summed E-state index contributed by atoms with van der Waals surface area (Å²) in [6, 6.07) is 0. The first kappa shape index (κ1) is 14.4. The number of hydrogen-bond donors (Lipinski definition) is 2. The first-order valence-electron chi connectivity index (χ1n) is 5.14. The smallest absolute Gasteiger partial charge is 0.0402 e. The maximum Gasteiger partial charge on any atom is 0.0402 e. The second kappa shape index (κ2) is 17.1. The zero-order chi connectivity index (χ0) is 9.66. The molecule has 0 aromatic rings. The predicted molar refractivity (Wildman–Crippen MR) is 55.4 cm³/mol. The van der Waals surface area contributed by atoms with Crippen LogP contribution in [-0.4, -0.2) is 24.8 Å². The highest BCUT2D eigenvalue weighted by atomic mass is 16.2. The highest BCUT2D eigenvalue weighted by Gasteiger charge is 1.84. The van der Waals surface area contributed by atoms with Crippen LogP contribution in [0.1, 0.15) is 46.5 Å². The van der Waals surface area contributed by atoms with Crippen LogP contribution in [0.25, 0.3) is 0 Å². The molecule has 0 heterocycles. The first-order chi connectivity index (χ1) is 5.83. The number of nitrogens with one attached hydrogen (secondary N) is 1. The van der Waals surface area contributed by atoms with E-state index in [0.717, 1.165) is 6.54 Å². The minimum atomic E-state index is 0.250. The third-order valence-corrected chi connectivity index (χ3v) is 1.46. The molecule has 0 bridgehead atoms. The molecule has 0 aliphatic carbocycles. The zero-order valence-corrected chi connectivity index (χ0v) is 8.90. The van der Waals surface area contributed by atoms with Gasteiger partial charge in [0.05, 0.1) is 0 Å². The molecule has 0 atom stereocenters. The van der Waals surface area contributed by atoms with Crippen molar-refractivity contribution in [3.8, 4) is 0 Å². The van der Waals surface area contributed by atoms with Gasteiger partial charge in [-0.25, -0.2) is 0 Å². The Morgan fingerprint density at radius 1 is 1.00 bits per heavy atom. The Morgan fingerprint density at radius 3 is 2.00 bits per heavy atom. The van der Waals surface area contributed by atoms with E-state index in [9.17, 15) is 0 Å². The summed E-state index contributed by atoms with van der Waals surface area (Å²) in [5.74, 6) is 0. The maximum absolute atomic E-state index is 7.57. The summed E-state index contributed by atoms with van der Waals surface area (Å²) in [5.41, 5.74) is 0. The van der Waals surface area contributed by atoms with Crippen LogP contribution in [0.3, 0.4) is 0 Å². The molecule has 2 N–H and O–H groups in total. The molecule has 12 heavy (non-hydrogen) atoms. The Bertz CT molecular complexity index is 51.8. The molecule has 0 amide bonds. The van der Waals surface area contributed by atoms with E-state index in [1.54, 1.807) is 6.92 Å². The number of aliphatic hydroxyl groups excluding tert-OH is 1. The minimum Gasteiger partial charge on any atom is -0.397 e. The van der Waals surface area contributed by atoms with Crippen molar-refractivity contribution < 1.29 is 5.11 Å². The molecule has 0 aliphatic heterocycles. The standard InChI is InChI=1S/C8H19N.C2H6O/c1-3-5-6-7-8-9-4-2;1-2-3/h9H,3-8H2,1-2H3;3H,2H2,1H3. The summed E-state index contributed by atoms with van der Waals surface area (Å²) in [6.07, 6.45) is 5.47. The molecule has 0 aromatic heterocycles. The van der Waals surface area contributed by atoms with Crippen molar-refractivity contribution in [1.29, 1.82) is 0 Å². The normalized spacial score (nSPS) is 9.00. The predicted octanol–water partition coefficient (Wildman–Crippen LogP) is 2.17. The summed E-state index contributed by atoms with van der Waals surface area (Å²) in [5, 5.41) is 10.9. The first-order valence-corrected chi connectivity index (χ1v) is 5.14. The van der Waals surface area contributed by atoms with Gasteiger partial charge < -0.3 is 10.4 Å². The average Bonchev–Trinajstić information content (AvgIpc) is 2.06. The van der Waals surface area contributed by atoms with Gasteiger partial charge in [0.1, 0.15) is 0 Å². The molecule has 2 nitrogen and oxygen atoms in total.